The molecule has 0 aliphatic carbocycles. The molecule has 19 heteroatoms. The van der Waals surface area contributed by atoms with Gasteiger partial charge in [-0.25, -0.2) is 9.13 Å². The third-order valence-electron chi connectivity index (χ3n) is 15.8. The molecule has 0 radical (unpaired) electrons. The van der Waals surface area contributed by atoms with Crippen molar-refractivity contribution in [2.45, 2.75) is 277 Å². The maximum Gasteiger partial charge on any atom is 0.472 e. The highest BCUT2D eigenvalue weighted by Crippen LogP contribution is 2.45. The van der Waals surface area contributed by atoms with Gasteiger partial charge in [0.15, 0.2) is 12.2 Å². The summed E-state index contributed by atoms with van der Waals surface area (Å²) >= 11 is 0. The van der Waals surface area contributed by atoms with Crippen molar-refractivity contribution in [3.8, 4) is 0 Å². The van der Waals surface area contributed by atoms with Gasteiger partial charge in [0.1, 0.15) is 19.3 Å². The number of rotatable bonds is 74. The molecule has 0 aliphatic heterocycles. The molecule has 0 bridgehead atoms. The van der Waals surface area contributed by atoms with E-state index in [9.17, 15) is 43.2 Å². The fourth-order valence-corrected chi connectivity index (χ4v) is 11.3. The van der Waals surface area contributed by atoms with Gasteiger partial charge in [0, 0.05) is 25.7 Å². The molecule has 0 aromatic rings. The second-order valence-corrected chi connectivity index (χ2v) is 29.1. The van der Waals surface area contributed by atoms with Gasteiger partial charge in [-0.05, 0) is 186 Å². The first-order valence-electron chi connectivity index (χ1n) is 41.3. The quantitative estimate of drug-likeness (QED) is 0.0169. The summed E-state index contributed by atoms with van der Waals surface area (Å²) in [4.78, 5) is 73.2. The number of phosphoric ester groups is 2. The smallest absolute Gasteiger partial charge is 0.462 e. The number of allylic oxidation sites excluding steroid dienone is 40. The van der Waals surface area contributed by atoms with Crippen molar-refractivity contribution in [1.29, 1.82) is 0 Å². The Bertz CT molecular complexity index is 3090. The van der Waals surface area contributed by atoms with Crippen molar-refractivity contribution in [3.05, 3.63) is 243 Å². The van der Waals surface area contributed by atoms with E-state index in [1.54, 1.807) is 0 Å². The second kappa shape index (κ2) is 81.9. The number of aliphatic hydroxyl groups excluding tert-OH is 1. The van der Waals surface area contributed by atoms with Crippen LogP contribution < -0.4 is 0 Å². The summed E-state index contributed by atoms with van der Waals surface area (Å²) in [5, 5.41) is 10.7. The van der Waals surface area contributed by atoms with Gasteiger partial charge in [-0.15, -0.1) is 0 Å². The molecule has 0 fully saturated rings. The van der Waals surface area contributed by atoms with Crippen LogP contribution in [0.4, 0.5) is 0 Å². The van der Waals surface area contributed by atoms with E-state index in [1.165, 1.54) is 0 Å². The Kier molecular flexibility index (Phi) is 76.6. The third-order valence-corrected chi connectivity index (χ3v) is 17.7. The highest BCUT2D eigenvalue weighted by molar-refractivity contribution is 7.47. The van der Waals surface area contributed by atoms with E-state index in [1.807, 2.05) is 30.4 Å². The lowest BCUT2D eigenvalue weighted by atomic mass is 10.1. The van der Waals surface area contributed by atoms with Crippen molar-refractivity contribution in [3.63, 3.8) is 0 Å². The maximum absolute atomic E-state index is 13.1. The summed E-state index contributed by atoms with van der Waals surface area (Å²) in [6.07, 6.45) is 107. The lowest BCUT2D eigenvalue weighted by Gasteiger charge is -2.21. The van der Waals surface area contributed by atoms with Crippen LogP contribution in [0, 0.1) is 0 Å². The van der Waals surface area contributed by atoms with E-state index in [2.05, 4.69) is 240 Å². The molecule has 112 heavy (non-hydrogen) atoms. The highest BCUT2D eigenvalue weighted by atomic mass is 31.2. The highest BCUT2D eigenvalue weighted by Gasteiger charge is 2.30. The van der Waals surface area contributed by atoms with Gasteiger partial charge in [-0.3, -0.25) is 37.3 Å². The zero-order chi connectivity index (χ0) is 81.7. The molecule has 0 saturated heterocycles. The Balaban J connectivity index is 5.59. The fraction of sp³-hybridized carbons (Fsp3) is 0.527. The average Bonchev–Trinajstić information content (AvgIpc) is 0.895. The molecule has 5 atom stereocenters. The van der Waals surface area contributed by atoms with Gasteiger partial charge in [-0.2, -0.15) is 0 Å². The number of esters is 4. The Labute approximate surface area is 676 Å². The van der Waals surface area contributed by atoms with E-state index >= 15 is 0 Å². The predicted octanol–water partition coefficient (Wildman–Crippen LogP) is 24.8. The Hall–Kier alpha value is -7.14. The van der Waals surface area contributed by atoms with Gasteiger partial charge in [0.2, 0.25) is 0 Å². The molecule has 5 unspecified atom stereocenters. The Morgan fingerprint density at radius 2 is 0.464 bits per heavy atom. The molecule has 0 rings (SSSR count). The van der Waals surface area contributed by atoms with Crippen LogP contribution in [0.25, 0.3) is 0 Å². The lowest BCUT2D eigenvalue weighted by molar-refractivity contribution is -0.161. The molecule has 0 aliphatic rings. The molecule has 626 valence electrons. The number of hydrogen-bond acceptors (Lipinski definition) is 15. The average molecular weight is 1590 g/mol. The molecule has 0 spiro atoms. The number of carbonyl (C=O) groups excluding carboxylic acids is 4. The number of phosphoric acid groups is 2. The normalized spacial score (nSPS) is 15.0. The Morgan fingerprint density at radius 1 is 0.250 bits per heavy atom. The van der Waals surface area contributed by atoms with E-state index in [4.69, 9.17) is 37.0 Å². The summed E-state index contributed by atoms with van der Waals surface area (Å²) in [5.74, 6) is -2.44. The summed E-state index contributed by atoms with van der Waals surface area (Å²) in [6.45, 7) is 4.15. The first-order chi connectivity index (χ1) is 54.7. The topological polar surface area (TPSA) is 237 Å². The number of carbonyl (C=O) groups is 4. The maximum atomic E-state index is 13.1. The monoisotopic (exact) mass is 1590 g/mol. The van der Waals surface area contributed by atoms with Gasteiger partial charge in [-0.1, -0.05) is 290 Å². The van der Waals surface area contributed by atoms with Crippen LogP contribution >= 0.6 is 15.6 Å². The minimum Gasteiger partial charge on any atom is -0.462 e. The van der Waals surface area contributed by atoms with Crippen LogP contribution in [-0.2, 0) is 65.4 Å². The summed E-state index contributed by atoms with van der Waals surface area (Å²) in [5.41, 5.74) is 0. The van der Waals surface area contributed by atoms with Gasteiger partial charge in [0.25, 0.3) is 0 Å². The SMILES string of the molecule is CC/C=C\C/C=C\C/C=C\C/C=C\C/C=C\C/C=C\CCC(=O)OCC(COP(=O)(O)OCC(O)COP(=O)(O)OCC(COC(=O)CCCCC/C=C\C/C=C\C/C=C\C/C=C\C/C=C\CC)OC(=O)CCCCCC/C=C\C/C=C\C/C=C\C/C=C\CC)OC(=O)CCC/C=C\C/C=C\C/C=C\C/C=C\C/C=C\CC. The van der Waals surface area contributed by atoms with Crippen LogP contribution in [0.2, 0.25) is 0 Å². The standard InChI is InChI=1S/C93H142O17P2/c1-5-9-13-17-21-25-29-33-37-41-43-47-49-53-57-61-65-69-73-77-90(95)103-83-88(109-92(97)79-75-71-67-63-59-55-51-45-39-35-31-27-23-19-15-11-7-3)85-107-111(99,100)105-81-87(94)82-106-112(101,102)108-86-89(110-93(98)80-76-72-68-64-60-56-52-46-40-36-32-28-24-20-16-12-8-4)84-104-91(96)78-74-70-66-62-58-54-50-48-44-42-38-34-30-26-22-18-14-10-6-2/h9-16,21-28,33-40,43-44,47-48,51-58,63,65,67,69,87-89,94H,5-8,17-20,29-32,41-42,45-46,49-50,59-62,64,66,68,70-86H2,1-4H3,(H,99,100)(H,101,102)/b13-9-,14-10-,15-11-,16-12-,25-21-,26-22-,27-23-,28-24-,37-33-,38-34-,39-35-,40-36-,47-43-,48-44-,55-51-,56-52-,57-53-,58-54-,67-63-,69-65-. The van der Waals surface area contributed by atoms with E-state index in [0.29, 0.717) is 38.5 Å². The van der Waals surface area contributed by atoms with Gasteiger partial charge in [0.05, 0.1) is 26.4 Å². The number of hydrogen-bond donors (Lipinski definition) is 3. The predicted molar refractivity (Wildman–Crippen MR) is 463 cm³/mol. The Morgan fingerprint density at radius 3 is 0.759 bits per heavy atom. The summed E-state index contributed by atoms with van der Waals surface area (Å²) < 4.78 is 68.5. The molecule has 0 amide bonds. The van der Waals surface area contributed by atoms with E-state index < -0.39 is 97.5 Å². The fourth-order valence-electron chi connectivity index (χ4n) is 9.71. The second-order valence-electron chi connectivity index (χ2n) is 26.2. The molecule has 0 aromatic carbocycles. The minimum absolute atomic E-state index is 0.0116. The molecule has 17 nitrogen and oxygen atoms in total. The third kappa shape index (κ3) is 80.9. The van der Waals surface area contributed by atoms with Crippen molar-refractivity contribution in [2.24, 2.45) is 0 Å². The van der Waals surface area contributed by atoms with Crippen LogP contribution in [0.3, 0.4) is 0 Å². The van der Waals surface area contributed by atoms with Crippen molar-refractivity contribution in [2.75, 3.05) is 39.6 Å². The minimum atomic E-state index is -5.03. The van der Waals surface area contributed by atoms with Gasteiger partial charge < -0.3 is 33.8 Å². The number of aliphatic hydroxyl groups is 1. The zero-order valence-corrected chi connectivity index (χ0v) is 70.3. The summed E-state index contributed by atoms with van der Waals surface area (Å²) in [6, 6.07) is 0. The largest absolute Gasteiger partial charge is 0.472 e. The van der Waals surface area contributed by atoms with E-state index in [0.717, 1.165) is 167 Å². The van der Waals surface area contributed by atoms with E-state index in [-0.39, 0.29) is 25.7 Å². The van der Waals surface area contributed by atoms with Crippen LogP contribution in [0.15, 0.2) is 243 Å². The van der Waals surface area contributed by atoms with Crippen LogP contribution in [0.1, 0.15) is 259 Å². The molecular weight excluding hydrogens is 1450 g/mol. The van der Waals surface area contributed by atoms with Crippen molar-refractivity contribution >= 4 is 39.5 Å². The number of ether oxygens (including phenoxy) is 4. The molecule has 0 aromatic heterocycles. The molecule has 0 heterocycles. The number of unbranched alkanes of at least 4 members (excludes halogenated alkanes) is 8. The first-order valence-corrected chi connectivity index (χ1v) is 44.3. The van der Waals surface area contributed by atoms with Crippen molar-refractivity contribution in [1.82, 2.24) is 0 Å². The zero-order valence-electron chi connectivity index (χ0n) is 68.5. The van der Waals surface area contributed by atoms with Crippen LogP contribution in [0.5, 0.6) is 0 Å². The lowest BCUT2D eigenvalue weighted by Crippen LogP contribution is -2.30. The summed E-state index contributed by atoms with van der Waals surface area (Å²) in [7, 11) is -10.1. The van der Waals surface area contributed by atoms with Gasteiger partial charge >= 0.3 is 39.5 Å². The molecule has 3 N–H and O–H groups in total. The molecule has 0 saturated carbocycles. The molecular formula is C93H142O17P2. The van der Waals surface area contributed by atoms with Crippen LogP contribution in [-0.4, -0.2) is 96.7 Å². The van der Waals surface area contributed by atoms with Crippen molar-refractivity contribution < 1.29 is 80.2 Å². The first kappa shape index (κ1) is 105.